The quantitative estimate of drug-likeness (QED) is 0.462. The minimum absolute atomic E-state index is 0.312. The van der Waals surface area contributed by atoms with E-state index < -0.39 is 0 Å². The van der Waals surface area contributed by atoms with Crippen LogP contribution in [0.3, 0.4) is 0 Å². The molecule has 0 heterocycles. The summed E-state index contributed by atoms with van der Waals surface area (Å²) in [6, 6.07) is 10.6. The molecule has 7 heteroatoms. The van der Waals surface area contributed by atoms with Crippen molar-refractivity contribution in [1.29, 1.82) is 0 Å². The van der Waals surface area contributed by atoms with Crippen LogP contribution in [0.1, 0.15) is 36.2 Å². The number of hydrogen-bond acceptors (Lipinski definition) is 4. The SMILES string of the molecule is CCCOc1c(Cl)cc(/C=N/NC(=O)c2ccccc2Br)cc1OCC. The fourth-order valence-corrected chi connectivity index (χ4v) is 2.88. The highest BCUT2D eigenvalue weighted by atomic mass is 79.9. The predicted molar refractivity (Wildman–Crippen MR) is 108 cm³/mol. The molecule has 138 valence electrons. The van der Waals surface area contributed by atoms with Crippen molar-refractivity contribution in [2.24, 2.45) is 5.10 Å². The minimum Gasteiger partial charge on any atom is -0.490 e. The molecule has 1 N–H and O–H groups in total. The number of hydrazone groups is 1. The molecule has 5 nitrogen and oxygen atoms in total. The molecule has 0 bridgehead atoms. The third-order valence-electron chi connectivity index (χ3n) is 3.28. The van der Waals surface area contributed by atoms with E-state index in [0.29, 0.717) is 45.3 Å². The van der Waals surface area contributed by atoms with Gasteiger partial charge in [-0.2, -0.15) is 5.10 Å². The lowest BCUT2D eigenvalue weighted by Gasteiger charge is -2.13. The fraction of sp³-hybridized carbons (Fsp3) is 0.263. The molecule has 26 heavy (non-hydrogen) atoms. The molecule has 2 aromatic carbocycles. The van der Waals surface area contributed by atoms with Crippen LogP contribution < -0.4 is 14.9 Å². The zero-order valence-corrected chi connectivity index (χ0v) is 16.9. The van der Waals surface area contributed by atoms with Gasteiger partial charge in [0.1, 0.15) is 0 Å². The zero-order valence-electron chi connectivity index (χ0n) is 14.6. The van der Waals surface area contributed by atoms with Gasteiger partial charge in [0, 0.05) is 4.47 Å². The molecule has 0 aliphatic carbocycles. The van der Waals surface area contributed by atoms with Crippen LogP contribution in [0.5, 0.6) is 11.5 Å². The van der Waals surface area contributed by atoms with E-state index >= 15 is 0 Å². The maximum Gasteiger partial charge on any atom is 0.272 e. The van der Waals surface area contributed by atoms with Crippen LogP contribution in [0.25, 0.3) is 0 Å². The Bertz CT molecular complexity index is 796. The lowest BCUT2D eigenvalue weighted by Crippen LogP contribution is -2.18. The molecule has 2 aromatic rings. The number of rotatable bonds is 8. The molecule has 0 atom stereocenters. The molecule has 0 radical (unpaired) electrons. The molecule has 0 aliphatic rings. The first-order chi connectivity index (χ1) is 12.6. The Kier molecular flexibility index (Phi) is 7.94. The number of ether oxygens (including phenoxy) is 2. The summed E-state index contributed by atoms with van der Waals surface area (Å²) in [7, 11) is 0. The average Bonchev–Trinajstić information content (AvgIpc) is 2.61. The highest BCUT2D eigenvalue weighted by Gasteiger charge is 2.12. The summed E-state index contributed by atoms with van der Waals surface area (Å²) in [5.74, 6) is 0.754. The van der Waals surface area contributed by atoms with E-state index in [2.05, 4.69) is 26.5 Å². The molecule has 0 fully saturated rings. The van der Waals surface area contributed by atoms with Gasteiger partial charge in [-0.25, -0.2) is 5.43 Å². The van der Waals surface area contributed by atoms with Gasteiger partial charge in [-0.3, -0.25) is 4.79 Å². The number of nitrogens with zero attached hydrogens (tertiary/aromatic N) is 1. The Balaban J connectivity index is 2.14. The van der Waals surface area contributed by atoms with Gasteiger partial charge < -0.3 is 9.47 Å². The van der Waals surface area contributed by atoms with Gasteiger partial charge in [0.25, 0.3) is 5.91 Å². The summed E-state index contributed by atoms with van der Waals surface area (Å²) in [6.45, 7) is 4.94. The second kappa shape index (κ2) is 10.2. The van der Waals surface area contributed by atoms with E-state index in [1.807, 2.05) is 19.9 Å². The molecule has 2 rings (SSSR count). The summed E-state index contributed by atoms with van der Waals surface area (Å²) in [4.78, 5) is 12.1. The van der Waals surface area contributed by atoms with Crippen molar-refractivity contribution in [2.75, 3.05) is 13.2 Å². The van der Waals surface area contributed by atoms with Crippen molar-refractivity contribution in [2.45, 2.75) is 20.3 Å². The van der Waals surface area contributed by atoms with Crippen LogP contribution in [0.4, 0.5) is 0 Å². The number of benzene rings is 2. The fourth-order valence-electron chi connectivity index (χ4n) is 2.14. The third kappa shape index (κ3) is 5.47. The van der Waals surface area contributed by atoms with E-state index in [0.717, 1.165) is 6.42 Å². The van der Waals surface area contributed by atoms with E-state index in [1.54, 1.807) is 30.3 Å². The molecule has 0 aliphatic heterocycles. The zero-order chi connectivity index (χ0) is 18.9. The van der Waals surface area contributed by atoms with Gasteiger partial charge in [0.2, 0.25) is 0 Å². The average molecular weight is 440 g/mol. The van der Waals surface area contributed by atoms with Crippen LogP contribution in [0, 0.1) is 0 Å². The smallest absolute Gasteiger partial charge is 0.272 e. The van der Waals surface area contributed by atoms with Gasteiger partial charge in [-0.1, -0.05) is 30.7 Å². The van der Waals surface area contributed by atoms with Crippen LogP contribution in [0.15, 0.2) is 46.0 Å². The second-order valence-corrected chi connectivity index (χ2v) is 6.55. The van der Waals surface area contributed by atoms with Gasteiger partial charge in [0.05, 0.1) is 30.0 Å². The van der Waals surface area contributed by atoms with Crippen molar-refractivity contribution in [3.8, 4) is 11.5 Å². The Morgan fingerprint density at radius 1 is 1.27 bits per heavy atom. The van der Waals surface area contributed by atoms with Crippen molar-refractivity contribution < 1.29 is 14.3 Å². The van der Waals surface area contributed by atoms with Gasteiger partial charge >= 0.3 is 0 Å². The van der Waals surface area contributed by atoms with Crippen molar-refractivity contribution >= 4 is 39.7 Å². The summed E-state index contributed by atoms with van der Waals surface area (Å²) >= 11 is 9.64. The lowest BCUT2D eigenvalue weighted by molar-refractivity contribution is 0.0954. The van der Waals surface area contributed by atoms with Gasteiger partial charge in [-0.15, -0.1) is 0 Å². The van der Waals surface area contributed by atoms with E-state index in [9.17, 15) is 4.79 Å². The summed E-state index contributed by atoms with van der Waals surface area (Å²) < 4.78 is 12.0. The molecule has 0 spiro atoms. The number of nitrogens with one attached hydrogen (secondary N) is 1. The molecular weight excluding hydrogens is 420 g/mol. The third-order valence-corrected chi connectivity index (χ3v) is 4.25. The van der Waals surface area contributed by atoms with Gasteiger partial charge in [0.15, 0.2) is 11.5 Å². The number of hydrogen-bond donors (Lipinski definition) is 1. The first kappa shape index (κ1) is 20.3. The largest absolute Gasteiger partial charge is 0.490 e. The van der Waals surface area contributed by atoms with Crippen LogP contribution in [-0.4, -0.2) is 25.3 Å². The molecule has 1 amide bonds. The number of carbonyl (C=O) groups is 1. The Morgan fingerprint density at radius 3 is 2.73 bits per heavy atom. The van der Waals surface area contributed by atoms with E-state index in [1.165, 1.54) is 6.21 Å². The van der Waals surface area contributed by atoms with Crippen molar-refractivity contribution in [3.05, 3.63) is 57.0 Å². The standard InChI is InChI=1S/C19H20BrClN2O3/c1-3-9-26-18-16(21)10-13(11-17(18)25-4-2)12-22-23-19(24)14-7-5-6-8-15(14)20/h5-8,10-12H,3-4,9H2,1-2H3,(H,23,24)/b22-12+. The molecular formula is C19H20BrClN2O3. The molecule has 0 aromatic heterocycles. The van der Waals surface area contributed by atoms with Gasteiger partial charge in [-0.05, 0) is 59.1 Å². The highest BCUT2D eigenvalue weighted by Crippen LogP contribution is 2.36. The highest BCUT2D eigenvalue weighted by molar-refractivity contribution is 9.10. The number of carbonyl (C=O) groups excluding carboxylic acids is 1. The Morgan fingerprint density at radius 2 is 2.04 bits per heavy atom. The number of halogens is 2. The summed E-state index contributed by atoms with van der Waals surface area (Å²) in [5.41, 5.74) is 3.68. The topological polar surface area (TPSA) is 59.9 Å². The Labute approximate surface area is 166 Å². The summed E-state index contributed by atoms with van der Waals surface area (Å²) in [5, 5.41) is 4.43. The van der Waals surface area contributed by atoms with Crippen LogP contribution >= 0.6 is 27.5 Å². The van der Waals surface area contributed by atoms with Crippen molar-refractivity contribution in [1.82, 2.24) is 5.43 Å². The molecule has 0 unspecified atom stereocenters. The Hall–Kier alpha value is -2.05. The second-order valence-electron chi connectivity index (χ2n) is 5.29. The molecule has 0 saturated carbocycles. The maximum atomic E-state index is 12.1. The first-order valence-electron chi connectivity index (χ1n) is 8.23. The van der Waals surface area contributed by atoms with Crippen LogP contribution in [0.2, 0.25) is 5.02 Å². The van der Waals surface area contributed by atoms with E-state index in [-0.39, 0.29) is 5.91 Å². The molecule has 0 saturated heterocycles. The monoisotopic (exact) mass is 438 g/mol. The minimum atomic E-state index is -0.312. The predicted octanol–water partition coefficient (Wildman–Crippen LogP) is 5.05. The van der Waals surface area contributed by atoms with E-state index in [4.69, 9.17) is 21.1 Å². The van der Waals surface area contributed by atoms with Crippen LogP contribution in [-0.2, 0) is 0 Å². The number of amides is 1. The summed E-state index contributed by atoms with van der Waals surface area (Å²) in [6.07, 6.45) is 2.37. The first-order valence-corrected chi connectivity index (χ1v) is 9.41. The lowest BCUT2D eigenvalue weighted by atomic mass is 10.2. The van der Waals surface area contributed by atoms with Crippen molar-refractivity contribution in [3.63, 3.8) is 0 Å². The maximum absolute atomic E-state index is 12.1. The normalized spacial score (nSPS) is 10.8.